The van der Waals surface area contributed by atoms with Crippen LogP contribution in [0.3, 0.4) is 0 Å². The Morgan fingerprint density at radius 3 is 2.65 bits per heavy atom. The maximum Gasteiger partial charge on any atom is 0.306 e. The van der Waals surface area contributed by atoms with Crippen LogP contribution in [0.5, 0.6) is 0 Å². The number of nitrogens with one attached hydrogen (secondary N) is 1. The molecule has 1 saturated heterocycles. The van der Waals surface area contributed by atoms with E-state index in [0.717, 1.165) is 6.42 Å². The Hall–Kier alpha value is -1.63. The van der Waals surface area contributed by atoms with Gasteiger partial charge in [-0.1, -0.05) is 6.92 Å². The molecular weight excluding hydrogens is 264 g/mol. The number of carbonyl (C=O) groups is 3. The molecule has 1 rings (SSSR count). The van der Waals surface area contributed by atoms with E-state index >= 15 is 0 Å². The average molecular weight is 286 g/mol. The van der Waals surface area contributed by atoms with Gasteiger partial charge in [-0.2, -0.15) is 0 Å². The highest BCUT2D eigenvalue weighted by Crippen LogP contribution is 2.14. The summed E-state index contributed by atoms with van der Waals surface area (Å²) in [6, 6.07) is -0.906. The molecule has 0 aromatic rings. The van der Waals surface area contributed by atoms with E-state index in [-0.39, 0.29) is 18.9 Å². The lowest BCUT2D eigenvalue weighted by atomic mass is 9.97. The van der Waals surface area contributed by atoms with Gasteiger partial charge < -0.3 is 20.5 Å². The molecule has 0 aliphatic carbocycles. The summed E-state index contributed by atoms with van der Waals surface area (Å²) in [6.07, 6.45) is 0.931. The van der Waals surface area contributed by atoms with Crippen molar-refractivity contribution in [3.8, 4) is 0 Å². The molecule has 0 unspecified atom stereocenters. The predicted octanol–water partition coefficient (Wildman–Crippen LogP) is -0.275. The molecule has 1 heterocycles. The number of ether oxygens (including phenoxy) is 2. The molecule has 1 aliphatic rings. The highest BCUT2D eigenvalue weighted by atomic mass is 16.5. The van der Waals surface area contributed by atoms with Crippen LogP contribution in [0.2, 0.25) is 0 Å². The largest absolute Gasteiger partial charge is 0.466 e. The Morgan fingerprint density at radius 2 is 2.15 bits per heavy atom. The first kappa shape index (κ1) is 16.4. The number of hydrogen-bond acceptors (Lipinski definition) is 5. The highest BCUT2D eigenvalue weighted by molar-refractivity contribution is 5.89. The van der Waals surface area contributed by atoms with Gasteiger partial charge in [-0.25, -0.2) is 0 Å². The molecule has 7 heteroatoms. The molecule has 1 fully saturated rings. The van der Waals surface area contributed by atoms with Gasteiger partial charge in [0.25, 0.3) is 0 Å². The summed E-state index contributed by atoms with van der Waals surface area (Å²) in [5.74, 6) is -1.88. The molecule has 3 N–H and O–H groups in total. The lowest BCUT2D eigenvalue weighted by Crippen LogP contribution is -2.51. The van der Waals surface area contributed by atoms with Crippen molar-refractivity contribution in [2.24, 2.45) is 11.7 Å². The van der Waals surface area contributed by atoms with Crippen molar-refractivity contribution in [2.45, 2.75) is 45.3 Å². The summed E-state index contributed by atoms with van der Waals surface area (Å²) in [4.78, 5) is 34.8. The van der Waals surface area contributed by atoms with Crippen LogP contribution in [0, 0.1) is 5.92 Å². The maximum atomic E-state index is 11.9. The third-order valence-electron chi connectivity index (χ3n) is 3.19. The van der Waals surface area contributed by atoms with Crippen molar-refractivity contribution in [1.29, 1.82) is 0 Å². The van der Waals surface area contributed by atoms with E-state index in [1.807, 2.05) is 0 Å². The van der Waals surface area contributed by atoms with E-state index in [1.165, 1.54) is 0 Å². The van der Waals surface area contributed by atoms with Crippen molar-refractivity contribution in [1.82, 2.24) is 5.32 Å². The zero-order valence-corrected chi connectivity index (χ0v) is 11.9. The van der Waals surface area contributed by atoms with Gasteiger partial charge in [0, 0.05) is 6.61 Å². The molecule has 1 aliphatic heterocycles. The van der Waals surface area contributed by atoms with Gasteiger partial charge in [-0.05, 0) is 25.7 Å². The molecule has 0 bridgehead atoms. The Bertz CT molecular complexity index is 366. The van der Waals surface area contributed by atoms with Crippen molar-refractivity contribution >= 4 is 17.8 Å². The van der Waals surface area contributed by atoms with Crippen LogP contribution < -0.4 is 11.1 Å². The summed E-state index contributed by atoms with van der Waals surface area (Å²) in [6.45, 7) is 4.18. The van der Waals surface area contributed by atoms with E-state index in [2.05, 4.69) is 5.32 Å². The first-order chi connectivity index (χ1) is 9.45. The van der Waals surface area contributed by atoms with E-state index in [4.69, 9.17) is 15.2 Å². The molecule has 0 saturated carbocycles. The first-order valence-electron chi connectivity index (χ1n) is 6.82. The molecule has 3 atom stereocenters. The second-order valence-corrected chi connectivity index (χ2v) is 4.88. The summed E-state index contributed by atoms with van der Waals surface area (Å²) in [5, 5.41) is 2.56. The fourth-order valence-corrected chi connectivity index (χ4v) is 2.13. The fraction of sp³-hybridized carbons (Fsp3) is 0.769. The Morgan fingerprint density at radius 1 is 1.45 bits per heavy atom. The van der Waals surface area contributed by atoms with Crippen LogP contribution >= 0.6 is 0 Å². The van der Waals surface area contributed by atoms with Gasteiger partial charge in [-0.3, -0.25) is 14.4 Å². The first-order valence-corrected chi connectivity index (χ1v) is 6.82. The molecule has 0 aromatic heterocycles. The van der Waals surface area contributed by atoms with Crippen LogP contribution in [0.4, 0.5) is 0 Å². The lowest BCUT2D eigenvalue weighted by molar-refractivity contribution is -0.145. The number of primary amides is 1. The monoisotopic (exact) mass is 286 g/mol. The molecule has 20 heavy (non-hydrogen) atoms. The predicted molar refractivity (Wildman–Crippen MR) is 70.5 cm³/mol. The fourth-order valence-electron chi connectivity index (χ4n) is 2.13. The van der Waals surface area contributed by atoms with Crippen molar-refractivity contribution in [2.75, 3.05) is 13.2 Å². The summed E-state index contributed by atoms with van der Waals surface area (Å²) in [7, 11) is 0. The Labute approximate surface area is 118 Å². The molecule has 0 radical (unpaired) electrons. The number of hydrogen-bond donors (Lipinski definition) is 2. The van der Waals surface area contributed by atoms with Crippen LogP contribution in [0.15, 0.2) is 0 Å². The SMILES string of the molecule is CCOC(=O)C[C@@H](C)[C@H](NC(=O)[C@@H]1CCCO1)C(N)=O. The van der Waals surface area contributed by atoms with Gasteiger partial charge >= 0.3 is 5.97 Å². The van der Waals surface area contributed by atoms with Gasteiger partial charge in [0.1, 0.15) is 12.1 Å². The Balaban J connectivity index is 2.56. The van der Waals surface area contributed by atoms with Crippen LogP contribution in [-0.4, -0.2) is 43.1 Å². The van der Waals surface area contributed by atoms with Gasteiger partial charge in [0.2, 0.25) is 11.8 Å². The minimum Gasteiger partial charge on any atom is -0.466 e. The number of nitrogens with two attached hydrogens (primary N) is 1. The number of amides is 2. The minimum absolute atomic E-state index is 0.0211. The topological polar surface area (TPSA) is 108 Å². The Kier molecular flexibility index (Phi) is 6.44. The standard InChI is InChI=1S/C13H22N2O5/c1-3-19-10(16)7-8(2)11(12(14)17)15-13(18)9-5-4-6-20-9/h8-9,11H,3-7H2,1-2H3,(H2,14,17)(H,15,18)/t8-,9+,11+/m1/s1. The molecule has 2 amide bonds. The number of rotatable bonds is 7. The second-order valence-electron chi connectivity index (χ2n) is 4.88. The highest BCUT2D eigenvalue weighted by Gasteiger charge is 2.31. The lowest BCUT2D eigenvalue weighted by Gasteiger charge is -2.23. The maximum absolute atomic E-state index is 11.9. The second kappa shape index (κ2) is 7.84. The third-order valence-corrected chi connectivity index (χ3v) is 3.19. The average Bonchev–Trinajstić information content (AvgIpc) is 2.89. The summed E-state index contributed by atoms with van der Waals surface area (Å²) in [5.41, 5.74) is 5.29. The molecule has 7 nitrogen and oxygen atoms in total. The summed E-state index contributed by atoms with van der Waals surface area (Å²) >= 11 is 0. The molecule has 0 spiro atoms. The number of carbonyl (C=O) groups excluding carboxylic acids is 3. The van der Waals surface area contributed by atoms with Crippen molar-refractivity contribution < 1.29 is 23.9 Å². The van der Waals surface area contributed by atoms with E-state index in [0.29, 0.717) is 13.0 Å². The molecule has 0 aromatic carbocycles. The smallest absolute Gasteiger partial charge is 0.306 e. The summed E-state index contributed by atoms with van der Waals surface area (Å²) < 4.78 is 10.1. The normalized spacial score (nSPS) is 21.0. The quantitative estimate of drug-likeness (QED) is 0.626. The number of esters is 1. The third kappa shape index (κ3) is 4.80. The van der Waals surface area contributed by atoms with E-state index in [1.54, 1.807) is 13.8 Å². The van der Waals surface area contributed by atoms with Crippen LogP contribution in [0.25, 0.3) is 0 Å². The van der Waals surface area contributed by atoms with Gasteiger partial charge in [0.15, 0.2) is 0 Å². The van der Waals surface area contributed by atoms with Crippen molar-refractivity contribution in [3.63, 3.8) is 0 Å². The minimum atomic E-state index is -0.906. The van der Waals surface area contributed by atoms with Crippen molar-refractivity contribution in [3.05, 3.63) is 0 Å². The van der Waals surface area contributed by atoms with Crippen LogP contribution in [0.1, 0.15) is 33.1 Å². The molecular formula is C13H22N2O5. The van der Waals surface area contributed by atoms with Crippen LogP contribution in [-0.2, 0) is 23.9 Å². The zero-order valence-electron chi connectivity index (χ0n) is 11.9. The van der Waals surface area contributed by atoms with E-state index < -0.39 is 29.9 Å². The van der Waals surface area contributed by atoms with Gasteiger partial charge in [0.05, 0.1) is 13.0 Å². The zero-order chi connectivity index (χ0) is 15.1. The molecule has 114 valence electrons. The van der Waals surface area contributed by atoms with Gasteiger partial charge in [-0.15, -0.1) is 0 Å². The van der Waals surface area contributed by atoms with E-state index in [9.17, 15) is 14.4 Å².